The number of carbonyl (C=O) groups is 2. The van der Waals surface area contributed by atoms with E-state index in [2.05, 4.69) is 10.1 Å². The fourth-order valence-electron chi connectivity index (χ4n) is 3.12. The molecule has 0 saturated carbocycles. The third-order valence-electron chi connectivity index (χ3n) is 4.54. The number of nitrogens with zero attached hydrogens (tertiary/aromatic N) is 1. The molecule has 0 bridgehead atoms. The van der Waals surface area contributed by atoms with Gasteiger partial charge in [0.15, 0.2) is 9.84 Å². The van der Waals surface area contributed by atoms with Crippen LogP contribution in [0.25, 0.3) is 0 Å². The van der Waals surface area contributed by atoms with E-state index in [-0.39, 0.29) is 28.2 Å². The van der Waals surface area contributed by atoms with Gasteiger partial charge in [-0.05, 0) is 29.8 Å². The standard InChI is InChI=1S/C21H21F2N3O6S/c1-31-14-6-7-15(19(25)27)16(10-14)17(20(28)26-9-8-24)12-33(29,30)11-13-4-2-3-5-18(13)32-21(22)23/h2-7,10,17,21H,9,11-12H2,1H3,(H2,25,27)(H,26,28)/t17-/m1/s1. The molecule has 2 aromatic rings. The van der Waals surface area contributed by atoms with Crippen molar-refractivity contribution >= 4 is 21.7 Å². The molecule has 0 radical (unpaired) electrons. The van der Waals surface area contributed by atoms with Crippen molar-refractivity contribution in [1.29, 1.82) is 5.26 Å². The Bertz CT molecular complexity index is 1160. The summed E-state index contributed by atoms with van der Waals surface area (Å²) in [5, 5.41) is 11.0. The summed E-state index contributed by atoms with van der Waals surface area (Å²) < 4.78 is 60.8. The molecule has 3 N–H and O–H groups in total. The number of alkyl halides is 2. The summed E-state index contributed by atoms with van der Waals surface area (Å²) in [7, 11) is -2.80. The largest absolute Gasteiger partial charge is 0.497 e. The smallest absolute Gasteiger partial charge is 0.387 e. The third kappa shape index (κ3) is 7.15. The quantitative estimate of drug-likeness (QED) is 0.464. The molecule has 0 aromatic heterocycles. The highest BCUT2D eigenvalue weighted by Crippen LogP contribution is 2.29. The Morgan fingerprint density at radius 3 is 2.52 bits per heavy atom. The Kier molecular flexibility index (Phi) is 8.70. The number of ether oxygens (including phenoxy) is 2. The van der Waals surface area contributed by atoms with E-state index in [1.165, 1.54) is 49.6 Å². The molecule has 0 aliphatic heterocycles. The number of amides is 2. The number of hydrogen-bond donors (Lipinski definition) is 2. The third-order valence-corrected chi connectivity index (χ3v) is 6.13. The molecule has 0 heterocycles. The highest BCUT2D eigenvalue weighted by Gasteiger charge is 2.31. The minimum absolute atomic E-state index is 0.0158. The first-order valence-electron chi connectivity index (χ1n) is 9.43. The van der Waals surface area contributed by atoms with Gasteiger partial charge in [-0.3, -0.25) is 9.59 Å². The zero-order chi connectivity index (χ0) is 24.6. The van der Waals surface area contributed by atoms with Crippen LogP contribution in [-0.4, -0.2) is 46.3 Å². The number of primary amides is 1. The lowest BCUT2D eigenvalue weighted by Crippen LogP contribution is -2.35. The number of halogens is 2. The molecule has 33 heavy (non-hydrogen) atoms. The van der Waals surface area contributed by atoms with Crippen LogP contribution >= 0.6 is 0 Å². The Morgan fingerprint density at radius 1 is 1.21 bits per heavy atom. The number of benzene rings is 2. The SMILES string of the molecule is COc1ccc(C(N)=O)c([C@@H](CS(=O)(=O)Cc2ccccc2OC(F)F)C(=O)NCC#N)c1. The lowest BCUT2D eigenvalue weighted by atomic mass is 9.94. The van der Waals surface area contributed by atoms with Crippen molar-refractivity contribution in [3.63, 3.8) is 0 Å². The van der Waals surface area contributed by atoms with Gasteiger partial charge in [0.05, 0.1) is 30.6 Å². The van der Waals surface area contributed by atoms with Gasteiger partial charge in [0.1, 0.15) is 18.0 Å². The normalized spacial score (nSPS) is 12.0. The van der Waals surface area contributed by atoms with Gasteiger partial charge in [0, 0.05) is 11.1 Å². The van der Waals surface area contributed by atoms with Crippen molar-refractivity contribution in [1.82, 2.24) is 5.32 Å². The highest BCUT2D eigenvalue weighted by molar-refractivity contribution is 7.90. The van der Waals surface area contributed by atoms with E-state index < -0.39 is 52.2 Å². The molecule has 0 aliphatic rings. The zero-order valence-corrected chi connectivity index (χ0v) is 18.3. The van der Waals surface area contributed by atoms with E-state index in [1.807, 2.05) is 0 Å². The first kappa shape index (κ1) is 25.5. The minimum Gasteiger partial charge on any atom is -0.497 e. The molecule has 1 atom stereocenters. The number of nitriles is 1. The van der Waals surface area contributed by atoms with Gasteiger partial charge in [-0.2, -0.15) is 14.0 Å². The number of carbonyl (C=O) groups excluding carboxylic acids is 2. The van der Waals surface area contributed by atoms with E-state index >= 15 is 0 Å². The van der Waals surface area contributed by atoms with Crippen molar-refractivity contribution in [2.45, 2.75) is 18.3 Å². The fourth-order valence-corrected chi connectivity index (χ4v) is 4.79. The predicted octanol–water partition coefficient (Wildman–Crippen LogP) is 1.73. The topological polar surface area (TPSA) is 149 Å². The van der Waals surface area contributed by atoms with Gasteiger partial charge in [0.2, 0.25) is 11.8 Å². The summed E-state index contributed by atoms with van der Waals surface area (Å²) in [4.78, 5) is 24.7. The van der Waals surface area contributed by atoms with Crippen LogP contribution in [0, 0.1) is 11.3 Å². The minimum atomic E-state index is -4.13. The van der Waals surface area contributed by atoms with Crippen LogP contribution in [-0.2, 0) is 20.4 Å². The van der Waals surface area contributed by atoms with E-state index in [9.17, 15) is 26.8 Å². The molecule has 0 unspecified atom stereocenters. The van der Waals surface area contributed by atoms with Crippen molar-refractivity contribution in [2.75, 3.05) is 19.4 Å². The molecule has 2 aromatic carbocycles. The maximum absolute atomic E-state index is 13.0. The summed E-state index contributed by atoms with van der Waals surface area (Å²) in [5.41, 5.74) is 5.24. The number of para-hydroxylation sites is 1. The van der Waals surface area contributed by atoms with Crippen molar-refractivity contribution in [3.8, 4) is 17.6 Å². The Balaban J connectivity index is 2.48. The van der Waals surface area contributed by atoms with E-state index in [0.717, 1.165) is 0 Å². The summed E-state index contributed by atoms with van der Waals surface area (Å²) in [6.45, 7) is -3.57. The van der Waals surface area contributed by atoms with Crippen molar-refractivity contribution in [2.24, 2.45) is 5.73 Å². The first-order valence-corrected chi connectivity index (χ1v) is 11.3. The summed E-state index contributed by atoms with van der Waals surface area (Å²) in [5.74, 6) is -4.79. The molecule has 0 spiro atoms. The van der Waals surface area contributed by atoms with Crippen LogP contribution in [0.5, 0.6) is 11.5 Å². The monoisotopic (exact) mass is 481 g/mol. The predicted molar refractivity (Wildman–Crippen MR) is 113 cm³/mol. The lowest BCUT2D eigenvalue weighted by Gasteiger charge is -2.20. The summed E-state index contributed by atoms with van der Waals surface area (Å²) in [6, 6.07) is 11.1. The van der Waals surface area contributed by atoms with Crippen LogP contribution in [0.3, 0.4) is 0 Å². The van der Waals surface area contributed by atoms with Gasteiger partial charge in [0.25, 0.3) is 0 Å². The maximum atomic E-state index is 13.0. The van der Waals surface area contributed by atoms with Gasteiger partial charge in [-0.1, -0.05) is 18.2 Å². The second-order valence-corrected chi connectivity index (χ2v) is 8.90. The van der Waals surface area contributed by atoms with Gasteiger partial charge >= 0.3 is 6.61 Å². The molecule has 9 nitrogen and oxygen atoms in total. The molecular weight excluding hydrogens is 460 g/mol. The van der Waals surface area contributed by atoms with E-state index in [4.69, 9.17) is 15.7 Å². The number of nitrogens with two attached hydrogens (primary N) is 1. The number of methoxy groups -OCH3 is 1. The Hall–Kier alpha value is -3.72. The average Bonchev–Trinajstić information content (AvgIpc) is 2.76. The number of rotatable bonds is 11. The van der Waals surface area contributed by atoms with Crippen LogP contribution < -0.4 is 20.5 Å². The molecule has 176 valence electrons. The van der Waals surface area contributed by atoms with Crippen LogP contribution in [0.1, 0.15) is 27.4 Å². The maximum Gasteiger partial charge on any atom is 0.387 e. The second-order valence-electron chi connectivity index (χ2n) is 6.79. The molecule has 0 aliphatic carbocycles. The lowest BCUT2D eigenvalue weighted by molar-refractivity contribution is -0.121. The number of sulfone groups is 1. The second kappa shape index (κ2) is 11.2. The van der Waals surface area contributed by atoms with Crippen molar-refractivity contribution in [3.05, 3.63) is 59.2 Å². The van der Waals surface area contributed by atoms with E-state index in [0.29, 0.717) is 0 Å². The molecular formula is C21H21F2N3O6S. The van der Waals surface area contributed by atoms with Gasteiger partial charge in [-0.15, -0.1) is 0 Å². The molecule has 0 saturated heterocycles. The van der Waals surface area contributed by atoms with Gasteiger partial charge < -0.3 is 20.5 Å². The Labute approximate surface area is 189 Å². The Morgan fingerprint density at radius 2 is 1.91 bits per heavy atom. The van der Waals surface area contributed by atoms with Crippen molar-refractivity contribution < 1.29 is 36.3 Å². The van der Waals surface area contributed by atoms with Crippen LogP contribution in [0.2, 0.25) is 0 Å². The summed E-state index contributed by atoms with van der Waals surface area (Å²) >= 11 is 0. The molecule has 2 rings (SSSR count). The van der Waals surface area contributed by atoms with Crippen LogP contribution in [0.15, 0.2) is 42.5 Å². The molecule has 2 amide bonds. The van der Waals surface area contributed by atoms with Crippen LogP contribution in [0.4, 0.5) is 8.78 Å². The average molecular weight is 481 g/mol. The fraction of sp³-hybridized carbons (Fsp3) is 0.286. The van der Waals surface area contributed by atoms with Gasteiger partial charge in [-0.25, -0.2) is 8.42 Å². The first-order chi connectivity index (χ1) is 15.6. The highest BCUT2D eigenvalue weighted by atomic mass is 32.2. The molecule has 0 fully saturated rings. The zero-order valence-electron chi connectivity index (χ0n) is 17.5. The number of hydrogen-bond acceptors (Lipinski definition) is 7. The number of nitrogens with one attached hydrogen (secondary N) is 1. The molecule has 12 heteroatoms. The van der Waals surface area contributed by atoms with E-state index in [1.54, 1.807) is 6.07 Å². The summed E-state index contributed by atoms with van der Waals surface area (Å²) in [6.07, 6.45) is 0.